The smallest absolute Gasteiger partial charge is 0.326 e. The Morgan fingerprint density at radius 3 is 2.26 bits per heavy atom. The summed E-state index contributed by atoms with van der Waals surface area (Å²) in [5, 5.41) is 2.33. The van der Waals surface area contributed by atoms with E-state index in [1.807, 2.05) is 37.3 Å². The van der Waals surface area contributed by atoms with Gasteiger partial charge in [-0.1, -0.05) is 48.0 Å². The Labute approximate surface area is 158 Å². The second-order valence-corrected chi connectivity index (χ2v) is 7.72. The highest BCUT2D eigenvalue weighted by molar-refractivity contribution is 7.89. The molecular weight excluding hydrogens is 368 g/mol. The summed E-state index contributed by atoms with van der Waals surface area (Å²) in [7, 11) is -3.79. The first kappa shape index (κ1) is 20.6. The number of hydrogen-bond acceptors (Lipinski definition) is 5. The highest BCUT2D eigenvalue weighted by atomic mass is 32.2. The zero-order chi connectivity index (χ0) is 19.9. The lowest BCUT2D eigenvalue weighted by Gasteiger charge is -2.14. The summed E-state index contributed by atoms with van der Waals surface area (Å²) in [5.74, 6) is -1.24. The molecule has 0 bridgehead atoms. The number of amides is 1. The van der Waals surface area contributed by atoms with Crippen LogP contribution in [0.3, 0.4) is 0 Å². The van der Waals surface area contributed by atoms with Crippen LogP contribution in [0, 0.1) is 6.92 Å². The number of hydrogen-bond donors (Lipinski definition) is 2. The van der Waals surface area contributed by atoms with Crippen molar-refractivity contribution >= 4 is 21.9 Å². The molecule has 0 heterocycles. The van der Waals surface area contributed by atoms with Gasteiger partial charge in [-0.2, -0.15) is 0 Å². The van der Waals surface area contributed by atoms with Gasteiger partial charge < -0.3 is 10.1 Å². The van der Waals surface area contributed by atoms with Gasteiger partial charge in [0.15, 0.2) is 0 Å². The number of benzene rings is 2. The van der Waals surface area contributed by atoms with Crippen molar-refractivity contribution in [2.24, 2.45) is 0 Å². The normalized spacial score (nSPS) is 12.2. The van der Waals surface area contributed by atoms with Crippen molar-refractivity contribution in [3.8, 4) is 0 Å². The number of aryl methyl sites for hydroxylation is 1. The zero-order valence-corrected chi connectivity index (χ0v) is 16.0. The van der Waals surface area contributed by atoms with Gasteiger partial charge in [0, 0.05) is 0 Å². The molecule has 2 aromatic rings. The maximum absolute atomic E-state index is 12.1. The Bertz CT molecular complexity index is 880. The van der Waals surface area contributed by atoms with E-state index in [0.717, 1.165) is 11.1 Å². The Morgan fingerprint density at radius 2 is 1.63 bits per heavy atom. The maximum atomic E-state index is 12.1. The number of carbonyl (C=O) groups is 2. The van der Waals surface area contributed by atoms with Crippen molar-refractivity contribution < 1.29 is 22.7 Å². The number of carbonyl (C=O) groups excluding carboxylic acids is 2. The lowest BCUT2D eigenvalue weighted by molar-refractivity contribution is -0.148. The monoisotopic (exact) mass is 390 g/mol. The van der Waals surface area contributed by atoms with Gasteiger partial charge in [0.1, 0.15) is 12.6 Å². The Morgan fingerprint density at radius 1 is 1.00 bits per heavy atom. The van der Waals surface area contributed by atoms with E-state index in [2.05, 4.69) is 10.0 Å². The molecule has 0 fully saturated rings. The van der Waals surface area contributed by atoms with E-state index in [9.17, 15) is 18.0 Å². The van der Waals surface area contributed by atoms with Gasteiger partial charge >= 0.3 is 5.97 Å². The van der Waals surface area contributed by atoms with Crippen LogP contribution in [-0.2, 0) is 24.3 Å². The van der Waals surface area contributed by atoms with E-state index in [1.165, 1.54) is 12.1 Å². The molecule has 144 valence electrons. The van der Waals surface area contributed by atoms with Gasteiger partial charge in [-0.3, -0.25) is 9.59 Å². The third kappa shape index (κ3) is 6.50. The quantitative estimate of drug-likeness (QED) is 0.668. The molecule has 1 atom stereocenters. The van der Waals surface area contributed by atoms with E-state index in [1.54, 1.807) is 19.1 Å². The maximum Gasteiger partial charge on any atom is 0.326 e. The highest BCUT2D eigenvalue weighted by Gasteiger charge is 2.16. The predicted octanol–water partition coefficient (Wildman–Crippen LogP) is 1.69. The predicted molar refractivity (Wildman–Crippen MR) is 100 cm³/mol. The number of ether oxygens (including phenoxy) is 1. The molecule has 0 radical (unpaired) electrons. The minimum absolute atomic E-state index is 0.0667. The lowest BCUT2D eigenvalue weighted by atomic mass is 10.1. The van der Waals surface area contributed by atoms with Crippen LogP contribution >= 0.6 is 0 Å². The SMILES string of the molecule is Cc1ccc(S(=O)(=O)NCC(=O)NCC(=O)O[C@H](C)c2ccccc2)cc1. The van der Waals surface area contributed by atoms with Crippen molar-refractivity contribution in [1.82, 2.24) is 10.0 Å². The van der Waals surface area contributed by atoms with Crippen molar-refractivity contribution in [3.05, 3.63) is 65.7 Å². The summed E-state index contributed by atoms with van der Waals surface area (Å²) in [4.78, 5) is 23.7. The Kier molecular flexibility index (Phi) is 7.09. The largest absolute Gasteiger partial charge is 0.456 e. The van der Waals surface area contributed by atoms with Crippen LogP contribution in [0.4, 0.5) is 0 Å². The van der Waals surface area contributed by atoms with Gasteiger partial charge in [-0.25, -0.2) is 13.1 Å². The minimum Gasteiger partial charge on any atom is -0.456 e. The summed E-state index contributed by atoms with van der Waals surface area (Å²) in [6.45, 7) is 2.75. The van der Waals surface area contributed by atoms with Crippen molar-refractivity contribution in [1.29, 1.82) is 0 Å². The van der Waals surface area contributed by atoms with Crippen LogP contribution in [0.1, 0.15) is 24.2 Å². The number of nitrogens with one attached hydrogen (secondary N) is 2. The molecule has 1 amide bonds. The van der Waals surface area contributed by atoms with Gasteiger partial charge in [-0.15, -0.1) is 0 Å². The van der Waals surface area contributed by atoms with Crippen LogP contribution in [-0.4, -0.2) is 33.4 Å². The number of esters is 1. The van der Waals surface area contributed by atoms with Crippen molar-refractivity contribution in [2.45, 2.75) is 24.8 Å². The molecule has 0 spiro atoms. The van der Waals surface area contributed by atoms with Gasteiger partial charge in [0.05, 0.1) is 11.4 Å². The van der Waals surface area contributed by atoms with Gasteiger partial charge in [0.2, 0.25) is 15.9 Å². The zero-order valence-electron chi connectivity index (χ0n) is 15.1. The molecule has 27 heavy (non-hydrogen) atoms. The second-order valence-electron chi connectivity index (χ2n) is 5.96. The van der Waals surface area contributed by atoms with E-state index in [4.69, 9.17) is 4.74 Å². The lowest BCUT2D eigenvalue weighted by Crippen LogP contribution is -2.39. The standard InChI is InChI=1S/C19H22N2O5S/c1-14-8-10-17(11-9-14)27(24,25)21-12-18(22)20-13-19(23)26-15(2)16-6-4-3-5-7-16/h3-11,15,21H,12-13H2,1-2H3,(H,20,22)/t15-/m1/s1. The van der Waals surface area contributed by atoms with Crippen molar-refractivity contribution in [2.75, 3.05) is 13.1 Å². The summed E-state index contributed by atoms with van der Waals surface area (Å²) in [6, 6.07) is 15.4. The molecule has 0 aliphatic carbocycles. The molecule has 0 aliphatic rings. The third-order valence-electron chi connectivity index (χ3n) is 3.76. The van der Waals surface area contributed by atoms with E-state index < -0.39 is 34.5 Å². The first-order valence-corrected chi connectivity index (χ1v) is 9.84. The van der Waals surface area contributed by atoms with Crippen LogP contribution in [0.25, 0.3) is 0 Å². The minimum atomic E-state index is -3.79. The molecule has 2 rings (SSSR count). The Balaban J connectivity index is 1.77. The molecule has 2 aromatic carbocycles. The third-order valence-corrected chi connectivity index (χ3v) is 5.18. The first-order chi connectivity index (χ1) is 12.8. The van der Waals surface area contributed by atoms with Crippen LogP contribution in [0.5, 0.6) is 0 Å². The van der Waals surface area contributed by atoms with E-state index >= 15 is 0 Å². The van der Waals surface area contributed by atoms with Crippen LogP contribution in [0.2, 0.25) is 0 Å². The number of rotatable bonds is 8. The molecule has 0 aromatic heterocycles. The molecule has 0 saturated heterocycles. The van der Waals surface area contributed by atoms with Crippen LogP contribution < -0.4 is 10.0 Å². The molecule has 0 unspecified atom stereocenters. The average molecular weight is 390 g/mol. The number of sulfonamides is 1. The summed E-state index contributed by atoms with van der Waals surface area (Å²) < 4.78 is 31.6. The van der Waals surface area contributed by atoms with E-state index in [0.29, 0.717) is 0 Å². The molecule has 8 heteroatoms. The summed E-state index contributed by atoms with van der Waals surface area (Å²) in [5.41, 5.74) is 1.76. The molecular formula is C19H22N2O5S. The summed E-state index contributed by atoms with van der Waals surface area (Å²) >= 11 is 0. The van der Waals surface area contributed by atoms with Gasteiger partial charge in [-0.05, 0) is 31.5 Å². The first-order valence-electron chi connectivity index (χ1n) is 8.35. The molecule has 2 N–H and O–H groups in total. The molecule has 0 aliphatic heterocycles. The highest BCUT2D eigenvalue weighted by Crippen LogP contribution is 2.15. The summed E-state index contributed by atoms with van der Waals surface area (Å²) in [6.07, 6.45) is -0.448. The fourth-order valence-electron chi connectivity index (χ4n) is 2.23. The fraction of sp³-hybridized carbons (Fsp3) is 0.263. The second kappa shape index (κ2) is 9.29. The van der Waals surface area contributed by atoms with Crippen molar-refractivity contribution in [3.63, 3.8) is 0 Å². The average Bonchev–Trinajstić information content (AvgIpc) is 2.66. The van der Waals surface area contributed by atoms with E-state index in [-0.39, 0.29) is 11.4 Å². The Hall–Kier alpha value is -2.71. The molecule has 0 saturated carbocycles. The fourth-order valence-corrected chi connectivity index (χ4v) is 3.21. The molecule has 7 nitrogen and oxygen atoms in total. The topological polar surface area (TPSA) is 102 Å². The van der Waals surface area contributed by atoms with Crippen LogP contribution in [0.15, 0.2) is 59.5 Å². The van der Waals surface area contributed by atoms with Gasteiger partial charge in [0.25, 0.3) is 0 Å².